The van der Waals surface area contributed by atoms with Gasteiger partial charge in [-0.1, -0.05) is 12.1 Å². The molecule has 2 nitrogen and oxygen atoms in total. The lowest BCUT2D eigenvalue weighted by Crippen LogP contribution is -1.95. The maximum absolute atomic E-state index is 11.2. The van der Waals surface area contributed by atoms with Crippen molar-refractivity contribution >= 4 is 17.4 Å². The first-order valence-corrected chi connectivity index (χ1v) is 4.73. The molecular weight excluding hydrogens is 188 g/mol. The number of ketones is 1. The zero-order valence-corrected chi connectivity index (χ0v) is 7.90. The molecule has 2 aliphatic rings. The molecule has 1 N–H and O–H groups in total. The maximum atomic E-state index is 11.2. The summed E-state index contributed by atoms with van der Waals surface area (Å²) in [5.41, 5.74) is 3.98. The first-order valence-electron chi connectivity index (χ1n) is 4.73. The van der Waals surface area contributed by atoms with Gasteiger partial charge in [0.05, 0.1) is 0 Å². The molecule has 2 aliphatic carbocycles. The number of benzene rings is 1. The largest absolute Gasteiger partial charge is 0.508 e. The Balaban J connectivity index is 2.25. The summed E-state index contributed by atoms with van der Waals surface area (Å²) in [6.07, 6.45) is 6.98. The number of hydrogen-bond donors (Lipinski definition) is 1. The van der Waals surface area contributed by atoms with Crippen molar-refractivity contribution in [1.82, 2.24) is 0 Å². The van der Waals surface area contributed by atoms with Gasteiger partial charge in [-0.3, -0.25) is 4.79 Å². The molecule has 0 atom stereocenters. The van der Waals surface area contributed by atoms with Gasteiger partial charge in [0.15, 0.2) is 5.78 Å². The SMILES string of the molecule is O=C1C=CC2=Cc3cc(O)ccc3C2=C1. The third-order valence-corrected chi connectivity index (χ3v) is 2.66. The van der Waals surface area contributed by atoms with Crippen LogP contribution in [0.25, 0.3) is 11.6 Å². The lowest BCUT2D eigenvalue weighted by Gasteiger charge is -2.06. The lowest BCUT2D eigenvalue weighted by atomic mass is 9.97. The minimum absolute atomic E-state index is 0.0167. The summed E-state index contributed by atoms with van der Waals surface area (Å²) >= 11 is 0. The van der Waals surface area contributed by atoms with E-state index in [0.29, 0.717) is 0 Å². The minimum Gasteiger partial charge on any atom is -0.508 e. The van der Waals surface area contributed by atoms with Crippen LogP contribution >= 0.6 is 0 Å². The number of rotatable bonds is 0. The molecule has 2 heteroatoms. The highest BCUT2D eigenvalue weighted by molar-refractivity contribution is 6.13. The summed E-state index contributed by atoms with van der Waals surface area (Å²) in [5.74, 6) is 0.267. The van der Waals surface area contributed by atoms with Crippen LogP contribution in [0.3, 0.4) is 0 Å². The molecule has 0 amide bonds. The second-order valence-electron chi connectivity index (χ2n) is 3.66. The summed E-state index contributed by atoms with van der Waals surface area (Å²) in [7, 11) is 0. The minimum atomic E-state index is 0.0167. The number of allylic oxidation sites excluding steroid dienone is 5. The van der Waals surface area contributed by atoms with Gasteiger partial charge in [0.25, 0.3) is 0 Å². The van der Waals surface area contributed by atoms with Crippen molar-refractivity contribution in [2.75, 3.05) is 0 Å². The second kappa shape index (κ2) is 2.70. The van der Waals surface area contributed by atoms with Crippen LogP contribution < -0.4 is 0 Å². The van der Waals surface area contributed by atoms with Crippen LogP contribution in [0.5, 0.6) is 5.75 Å². The number of carbonyl (C=O) groups is 1. The number of aromatic hydroxyl groups is 1. The van der Waals surface area contributed by atoms with Crippen LogP contribution in [0.1, 0.15) is 11.1 Å². The number of phenols is 1. The summed E-state index contributed by atoms with van der Waals surface area (Å²) in [4.78, 5) is 11.2. The molecule has 0 aliphatic heterocycles. The smallest absolute Gasteiger partial charge is 0.179 e. The van der Waals surface area contributed by atoms with E-state index in [0.717, 1.165) is 22.3 Å². The van der Waals surface area contributed by atoms with Crippen molar-refractivity contribution in [2.45, 2.75) is 0 Å². The fourth-order valence-corrected chi connectivity index (χ4v) is 1.98. The van der Waals surface area contributed by atoms with Crippen molar-refractivity contribution in [3.8, 4) is 5.75 Å². The van der Waals surface area contributed by atoms with Gasteiger partial charge in [-0.25, -0.2) is 0 Å². The van der Waals surface area contributed by atoms with Gasteiger partial charge in [0.2, 0.25) is 0 Å². The molecule has 0 saturated heterocycles. The van der Waals surface area contributed by atoms with E-state index in [-0.39, 0.29) is 11.5 Å². The highest BCUT2D eigenvalue weighted by atomic mass is 16.3. The molecule has 15 heavy (non-hydrogen) atoms. The summed E-state index contributed by atoms with van der Waals surface area (Å²) in [6.45, 7) is 0. The van der Waals surface area contributed by atoms with Gasteiger partial charge in [0.1, 0.15) is 5.75 Å². The first-order chi connectivity index (χ1) is 7.24. The molecule has 0 saturated carbocycles. The van der Waals surface area contributed by atoms with Crippen molar-refractivity contribution in [1.29, 1.82) is 0 Å². The van der Waals surface area contributed by atoms with E-state index in [1.807, 2.05) is 18.2 Å². The summed E-state index contributed by atoms with van der Waals surface area (Å²) in [6, 6.07) is 5.19. The molecule has 72 valence electrons. The number of carbonyl (C=O) groups excluding carboxylic acids is 1. The predicted octanol–water partition coefficient (Wildman–Crippen LogP) is 2.31. The Hall–Kier alpha value is -2.09. The number of hydrogen-bond acceptors (Lipinski definition) is 2. The molecule has 0 bridgehead atoms. The molecular formula is C13H8O2. The Bertz CT molecular complexity index is 560. The summed E-state index contributed by atoms with van der Waals surface area (Å²) in [5, 5.41) is 9.35. The third-order valence-electron chi connectivity index (χ3n) is 2.66. The third kappa shape index (κ3) is 1.15. The van der Waals surface area contributed by atoms with E-state index >= 15 is 0 Å². The number of phenolic OH excluding ortho intramolecular Hbond substituents is 1. The van der Waals surface area contributed by atoms with E-state index in [1.165, 1.54) is 0 Å². The number of fused-ring (bicyclic) bond motifs is 3. The molecule has 0 aromatic heterocycles. The normalized spacial score (nSPS) is 16.9. The Morgan fingerprint density at radius 1 is 1.07 bits per heavy atom. The van der Waals surface area contributed by atoms with Gasteiger partial charge in [0, 0.05) is 0 Å². The zero-order chi connectivity index (χ0) is 10.4. The van der Waals surface area contributed by atoms with E-state index in [1.54, 1.807) is 24.3 Å². The van der Waals surface area contributed by atoms with Gasteiger partial charge in [-0.2, -0.15) is 0 Å². The average Bonchev–Trinajstić information content (AvgIpc) is 2.54. The quantitative estimate of drug-likeness (QED) is 0.691. The second-order valence-corrected chi connectivity index (χ2v) is 3.66. The fraction of sp³-hybridized carbons (Fsp3) is 0. The van der Waals surface area contributed by atoms with Crippen LogP contribution in [0, 0.1) is 0 Å². The van der Waals surface area contributed by atoms with Crippen LogP contribution in [0.4, 0.5) is 0 Å². The molecule has 0 fully saturated rings. The Labute approximate surface area is 86.9 Å². The van der Waals surface area contributed by atoms with Crippen LogP contribution in [-0.2, 0) is 4.79 Å². The summed E-state index contributed by atoms with van der Waals surface area (Å²) < 4.78 is 0. The van der Waals surface area contributed by atoms with Crippen LogP contribution in [0.2, 0.25) is 0 Å². The van der Waals surface area contributed by atoms with E-state index in [2.05, 4.69) is 0 Å². The first kappa shape index (κ1) is 8.24. The standard InChI is InChI=1S/C13H8O2/c14-10-3-4-12-9(6-10)5-8-1-2-11(15)7-13(8)12/h1-7,14H. The van der Waals surface area contributed by atoms with Crippen LogP contribution in [0.15, 0.2) is 42.0 Å². The van der Waals surface area contributed by atoms with E-state index in [9.17, 15) is 9.90 Å². The molecule has 0 heterocycles. The highest BCUT2D eigenvalue weighted by Crippen LogP contribution is 2.38. The molecule has 3 rings (SSSR count). The van der Waals surface area contributed by atoms with E-state index < -0.39 is 0 Å². The van der Waals surface area contributed by atoms with Gasteiger partial charge < -0.3 is 5.11 Å². The lowest BCUT2D eigenvalue weighted by molar-refractivity contribution is -0.110. The molecule has 1 aromatic carbocycles. The van der Waals surface area contributed by atoms with Crippen molar-refractivity contribution < 1.29 is 9.90 Å². The highest BCUT2D eigenvalue weighted by Gasteiger charge is 2.20. The van der Waals surface area contributed by atoms with Crippen LogP contribution in [-0.4, -0.2) is 10.9 Å². The average molecular weight is 196 g/mol. The zero-order valence-electron chi connectivity index (χ0n) is 7.90. The Morgan fingerprint density at radius 3 is 2.80 bits per heavy atom. The molecule has 0 unspecified atom stereocenters. The fourth-order valence-electron chi connectivity index (χ4n) is 1.98. The Morgan fingerprint density at radius 2 is 1.93 bits per heavy atom. The van der Waals surface area contributed by atoms with Gasteiger partial charge in [-0.05, 0) is 52.6 Å². The Kier molecular flexibility index (Phi) is 1.48. The monoisotopic (exact) mass is 196 g/mol. The van der Waals surface area contributed by atoms with Gasteiger partial charge in [-0.15, -0.1) is 0 Å². The van der Waals surface area contributed by atoms with Crippen molar-refractivity contribution in [3.05, 3.63) is 53.1 Å². The topological polar surface area (TPSA) is 37.3 Å². The van der Waals surface area contributed by atoms with E-state index in [4.69, 9.17) is 0 Å². The predicted molar refractivity (Wildman–Crippen MR) is 58.2 cm³/mol. The van der Waals surface area contributed by atoms with Crippen molar-refractivity contribution in [2.24, 2.45) is 0 Å². The van der Waals surface area contributed by atoms with Gasteiger partial charge >= 0.3 is 0 Å². The molecule has 0 spiro atoms. The maximum Gasteiger partial charge on any atom is 0.179 e. The molecule has 1 aromatic rings. The van der Waals surface area contributed by atoms with Crippen molar-refractivity contribution in [3.63, 3.8) is 0 Å². The molecule has 0 radical (unpaired) electrons.